The number of ether oxygens (including phenoxy) is 1. The number of carbonyl (C=O) groups is 1. The summed E-state index contributed by atoms with van der Waals surface area (Å²) in [6, 6.07) is 15.1. The lowest BCUT2D eigenvalue weighted by Crippen LogP contribution is -2.20. The van der Waals surface area contributed by atoms with Crippen molar-refractivity contribution in [2.45, 2.75) is 6.54 Å². The van der Waals surface area contributed by atoms with Crippen molar-refractivity contribution in [3.63, 3.8) is 0 Å². The number of nitrogens with one attached hydrogen (secondary N) is 1. The van der Waals surface area contributed by atoms with E-state index in [4.69, 9.17) is 4.74 Å². The first-order valence-corrected chi connectivity index (χ1v) is 7.67. The smallest absolute Gasteiger partial charge is 0.244 e. The molecule has 1 aromatic heterocycles. The maximum absolute atomic E-state index is 12.0. The molecule has 0 radical (unpaired) electrons. The fourth-order valence-electron chi connectivity index (χ4n) is 2.28. The van der Waals surface area contributed by atoms with Gasteiger partial charge in [-0.3, -0.25) is 4.79 Å². The first-order chi connectivity index (χ1) is 12.3. The van der Waals surface area contributed by atoms with Gasteiger partial charge in [0.05, 0.1) is 12.8 Å². The number of hydrogen-bond donors (Lipinski definition) is 1. The molecule has 3 rings (SSSR count). The monoisotopic (exact) mass is 335 g/mol. The summed E-state index contributed by atoms with van der Waals surface area (Å²) >= 11 is 0. The van der Waals surface area contributed by atoms with Gasteiger partial charge in [-0.1, -0.05) is 30.3 Å². The number of methoxy groups -OCH3 is 1. The molecule has 0 aliphatic rings. The van der Waals surface area contributed by atoms with Crippen LogP contribution in [0.2, 0.25) is 0 Å². The Kier molecular flexibility index (Phi) is 5.16. The van der Waals surface area contributed by atoms with Crippen molar-refractivity contribution < 1.29 is 9.53 Å². The highest BCUT2D eigenvalue weighted by molar-refractivity contribution is 5.91. The van der Waals surface area contributed by atoms with Crippen LogP contribution in [0.15, 0.2) is 60.9 Å². The van der Waals surface area contributed by atoms with Gasteiger partial charge >= 0.3 is 0 Å². The predicted molar refractivity (Wildman–Crippen MR) is 93.0 cm³/mol. The third-order valence-electron chi connectivity index (χ3n) is 3.58. The minimum absolute atomic E-state index is 0.171. The number of para-hydroxylation sites is 1. The van der Waals surface area contributed by atoms with Gasteiger partial charge in [0.1, 0.15) is 12.1 Å². The normalized spacial score (nSPS) is 10.8. The van der Waals surface area contributed by atoms with Crippen LogP contribution in [0.4, 0.5) is 0 Å². The maximum Gasteiger partial charge on any atom is 0.244 e. The van der Waals surface area contributed by atoms with Crippen LogP contribution >= 0.6 is 0 Å². The van der Waals surface area contributed by atoms with E-state index in [1.165, 1.54) is 12.4 Å². The molecule has 0 aliphatic carbocycles. The van der Waals surface area contributed by atoms with Crippen LogP contribution < -0.4 is 10.1 Å². The van der Waals surface area contributed by atoms with Gasteiger partial charge in [-0.25, -0.2) is 4.68 Å². The average molecular weight is 335 g/mol. The molecule has 0 saturated heterocycles. The van der Waals surface area contributed by atoms with Crippen molar-refractivity contribution in [1.29, 1.82) is 0 Å². The van der Waals surface area contributed by atoms with E-state index in [9.17, 15) is 4.79 Å². The molecule has 1 heterocycles. The third-order valence-corrected chi connectivity index (χ3v) is 3.58. The molecule has 0 saturated carbocycles. The fourth-order valence-corrected chi connectivity index (χ4v) is 2.28. The van der Waals surface area contributed by atoms with Gasteiger partial charge in [0.2, 0.25) is 5.91 Å². The molecular weight excluding hydrogens is 318 g/mol. The van der Waals surface area contributed by atoms with E-state index < -0.39 is 0 Å². The zero-order valence-corrected chi connectivity index (χ0v) is 13.7. The second-order valence-electron chi connectivity index (χ2n) is 5.21. The van der Waals surface area contributed by atoms with Crippen LogP contribution in [0.3, 0.4) is 0 Å². The number of tetrazole rings is 1. The van der Waals surface area contributed by atoms with Crippen molar-refractivity contribution in [3.8, 4) is 11.4 Å². The summed E-state index contributed by atoms with van der Waals surface area (Å²) in [6.07, 6.45) is 4.78. The fraction of sp³-hybridized carbons (Fsp3) is 0.111. The Labute approximate surface area is 144 Å². The Morgan fingerprint density at radius 1 is 1.20 bits per heavy atom. The summed E-state index contributed by atoms with van der Waals surface area (Å²) in [5.41, 5.74) is 2.68. The second-order valence-corrected chi connectivity index (χ2v) is 5.21. The highest BCUT2D eigenvalue weighted by Gasteiger charge is 2.03. The van der Waals surface area contributed by atoms with Crippen LogP contribution in [0.25, 0.3) is 11.8 Å². The average Bonchev–Trinajstić information content (AvgIpc) is 3.20. The summed E-state index contributed by atoms with van der Waals surface area (Å²) in [4.78, 5) is 12.0. The van der Waals surface area contributed by atoms with Gasteiger partial charge in [0, 0.05) is 18.2 Å². The number of carbonyl (C=O) groups excluding carboxylic acids is 1. The topological polar surface area (TPSA) is 81.9 Å². The summed E-state index contributed by atoms with van der Waals surface area (Å²) in [5, 5.41) is 13.9. The van der Waals surface area contributed by atoms with Crippen LogP contribution in [-0.4, -0.2) is 33.2 Å². The lowest BCUT2D eigenvalue weighted by molar-refractivity contribution is -0.116. The number of aromatic nitrogens is 4. The molecule has 1 N–H and O–H groups in total. The molecular formula is C18H17N5O2. The van der Waals surface area contributed by atoms with E-state index in [1.54, 1.807) is 17.9 Å². The molecule has 0 bridgehead atoms. The molecule has 7 nitrogen and oxygen atoms in total. The van der Waals surface area contributed by atoms with Crippen molar-refractivity contribution >= 4 is 12.0 Å². The first-order valence-electron chi connectivity index (χ1n) is 7.67. The summed E-state index contributed by atoms with van der Waals surface area (Å²) in [5.74, 6) is 0.584. The largest absolute Gasteiger partial charge is 0.496 e. The summed E-state index contributed by atoms with van der Waals surface area (Å²) in [6.45, 7) is 0.408. The van der Waals surface area contributed by atoms with Gasteiger partial charge in [-0.05, 0) is 40.3 Å². The molecule has 0 spiro atoms. The highest BCUT2D eigenvalue weighted by atomic mass is 16.5. The summed E-state index contributed by atoms with van der Waals surface area (Å²) < 4.78 is 6.83. The Balaban J connectivity index is 1.57. The van der Waals surface area contributed by atoms with E-state index in [1.807, 2.05) is 48.5 Å². The highest BCUT2D eigenvalue weighted by Crippen LogP contribution is 2.16. The van der Waals surface area contributed by atoms with Crippen molar-refractivity contribution in [3.05, 3.63) is 72.1 Å². The minimum Gasteiger partial charge on any atom is -0.496 e. The number of nitrogens with zero attached hydrogens (tertiary/aromatic N) is 4. The van der Waals surface area contributed by atoms with Gasteiger partial charge in [-0.2, -0.15) is 0 Å². The molecule has 3 aromatic rings. The SMILES string of the molecule is COc1ccccc1CNC(=O)/C=C/c1ccc(-n2cnnn2)cc1. The van der Waals surface area contributed by atoms with Gasteiger partial charge in [0.15, 0.2) is 0 Å². The van der Waals surface area contributed by atoms with Gasteiger partial charge < -0.3 is 10.1 Å². The molecule has 0 fully saturated rings. The lowest BCUT2D eigenvalue weighted by atomic mass is 10.2. The quantitative estimate of drug-likeness (QED) is 0.697. The Bertz CT molecular complexity index is 857. The standard InChI is InChI=1S/C18H17N5O2/c1-25-17-5-3-2-4-15(17)12-19-18(24)11-8-14-6-9-16(10-7-14)23-13-20-21-22-23/h2-11,13H,12H2,1H3,(H,19,24)/b11-8+. The lowest BCUT2D eigenvalue weighted by Gasteiger charge is -2.08. The van der Waals surface area contributed by atoms with Crippen molar-refractivity contribution in [2.75, 3.05) is 7.11 Å². The Morgan fingerprint density at radius 2 is 2.00 bits per heavy atom. The molecule has 0 atom stereocenters. The van der Waals surface area contributed by atoms with Crippen LogP contribution in [-0.2, 0) is 11.3 Å². The molecule has 1 amide bonds. The zero-order valence-electron chi connectivity index (χ0n) is 13.7. The van der Waals surface area contributed by atoms with E-state index in [2.05, 4.69) is 20.8 Å². The molecule has 126 valence electrons. The van der Waals surface area contributed by atoms with Crippen molar-refractivity contribution in [1.82, 2.24) is 25.5 Å². The molecule has 0 unspecified atom stereocenters. The Hall–Kier alpha value is -3.48. The third kappa shape index (κ3) is 4.29. The molecule has 0 aliphatic heterocycles. The Morgan fingerprint density at radius 3 is 2.72 bits per heavy atom. The van der Waals surface area contributed by atoms with E-state index in [0.717, 1.165) is 22.6 Å². The van der Waals surface area contributed by atoms with Gasteiger partial charge in [-0.15, -0.1) is 5.10 Å². The first kappa shape index (κ1) is 16.4. The van der Waals surface area contributed by atoms with Crippen LogP contribution in [0, 0.1) is 0 Å². The number of benzene rings is 2. The second kappa shape index (κ2) is 7.87. The van der Waals surface area contributed by atoms with E-state index in [-0.39, 0.29) is 5.91 Å². The number of rotatable bonds is 6. The summed E-state index contributed by atoms with van der Waals surface area (Å²) in [7, 11) is 1.61. The van der Waals surface area contributed by atoms with E-state index in [0.29, 0.717) is 6.54 Å². The van der Waals surface area contributed by atoms with Crippen LogP contribution in [0.5, 0.6) is 5.75 Å². The van der Waals surface area contributed by atoms with Crippen LogP contribution in [0.1, 0.15) is 11.1 Å². The minimum atomic E-state index is -0.171. The number of hydrogen-bond acceptors (Lipinski definition) is 5. The van der Waals surface area contributed by atoms with Crippen molar-refractivity contribution in [2.24, 2.45) is 0 Å². The van der Waals surface area contributed by atoms with Gasteiger partial charge in [0.25, 0.3) is 0 Å². The molecule has 2 aromatic carbocycles. The number of amides is 1. The van der Waals surface area contributed by atoms with E-state index >= 15 is 0 Å². The maximum atomic E-state index is 12.0. The zero-order chi connectivity index (χ0) is 17.5. The predicted octanol–water partition coefficient (Wildman–Crippen LogP) is 2.00. The molecule has 7 heteroatoms. The molecule has 25 heavy (non-hydrogen) atoms.